The maximum Gasteiger partial charge on any atom is 0.340 e. The first-order chi connectivity index (χ1) is 5.95. The minimum atomic E-state index is -0.304. The van der Waals surface area contributed by atoms with Crippen molar-refractivity contribution < 1.29 is 4.74 Å². The van der Waals surface area contributed by atoms with Crippen molar-refractivity contribution in [3.63, 3.8) is 0 Å². The maximum absolute atomic E-state index is 10.8. The summed E-state index contributed by atoms with van der Waals surface area (Å²) in [7, 11) is 1.60. The first-order valence-corrected chi connectivity index (χ1v) is 4.12. The van der Waals surface area contributed by atoms with E-state index in [0.29, 0.717) is 5.82 Å². The molecular formula is C8H15N3O2. The molecule has 0 saturated heterocycles. The lowest BCUT2D eigenvalue weighted by molar-refractivity contribution is 0.00887. The number of nitrogens with zero attached hydrogens (tertiary/aromatic N) is 1. The van der Waals surface area contributed by atoms with Gasteiger partial charge in [0, 0.05) is 7.11 Å². The van der Waals surface area contributed by atoms with Crippen molar-refractivity contribution in [2.45, 2.75) is 26.9 Å². The second kappa shape index (κ2) is 3.33. The van der Waals surface area contributed by atoms with E-state index in [0.717, 1.165) is 0 Å². The lowest BCUT2D eigenvalue weighted by atomic mass is 9.88. The molecule has 0 aromatic carbocycles. The molecule has 0 amide bonds. The molecule has 5 heteroatoms. The third-order valence-electron chi connectivity index (χ3n) is 1.79. The highest BCUT2D eigenvalue weighted by Crippen LogP contribution is 2.32. The van der Waals surface area contributed by atoms with Crippen LogP contribution in [0.5, 0.6) is 0 Å². The first kappa shape index (κ1) is 9.98. The topological polar surface area (TPSA) is 70.8 Å². The highest BCUT2D eigenvalue weighted by atomic mass is 16.5. The predicted octanol–water partition coefficient (Wildman–Crippen LogP) is 0.832. The van der Waals surface area contributed by atoms with Crippen molar-refractivity contribution in [1.82, 2.24) is 15.2 Å². The van der Waals surface area contributed by atoms with E-state index >= 15 is 0 Å². The van der Waals surface area contributed by atoms with Crippen LogP contribution in [0.15, 0.2) is 4.79 Å². The van der Waals surface area contributed by atoms with Crippen molar-refractivity contribution in [3.8, 4) is 0 Å². The van der Waals surface area contributed by atoms with E-state index in [9.17, 15) is 4.79 Å². The number of aromatic nitrogens is 3. The van der Waals surface area contributed by atoms with Gasteiger partial charge in [0.15, 0.2) is 5.82 Å². The molecule has 74 valence electrons. The van der Waals surface area contributed by atoms with E-state index in [4.69, 9.17) is 4.74 Å². The molecule has 1 aromatic rings. The van der Waals surface area contributed by atoms with Gasteiger partial charge in [0.1, 0.15) is 6.10 Å². The Hall–Kier alpha value is -1.10. The fourth-order valence-electron chi connectivity index (χ4n) is 1.28. The van der Waals surface area contributed by atoms with Crippen LogP contribution in [0.1, 0.15) is 32.7 Å². The van der Waals surface area contributed by atoms with Crippen LogP contribution in [-0.4, -0.2) is 22.3 Å². The number of ether oxygens (including phenoxy) is 1. The fraction of sp³-hybridized carbons (Fsp3) is 0.750. The molecule has 1 aromatic heterocycles. The lowest BCUT2D eigenvalue weighted by Gasteiger charge is -2.26. The molecule has 0 saturated carbocycles. The molecule has 0 aliphatic rings. The van der Waals surface area contributed by atoms with Gasteiger partial charge in [0.2, 0.25) is 0 Å². The molecule has 0 aliphatic carbocycles. The summed E-state index contributed by atoms with van der Waals surface area (Å²) in [6, 6.07) is 0. The molecule has 0 bridgehead atoms. The first-order valence-electron chi connectivity index (χ1n) is 4.12. The quantitative estimate of drug-likeness (QED) is 0.717. The minimum Gasteiger partial charge on any atom is -0.373 e. The van der Waals surface area contributed by atoms with Gasteiger partial charge in [-0.2, -0.15) is 5.10 Å². The van der Waals surface area contributed by atoms with Crippen LogP contribution in [0.25, 0.3) is 0 Å². The highest BCUT2D eigenvalue weighted by molar-refractivity contribution is 4.93. The van der Waals surface area contributed by atoms with Crippen molar-refractivity contribution in [2.75, 3.05) is 7.11 Å². The van der Waals surface area contributed by atoms with Crippen LogP contribution >= 0.6 is 0 Å². The molecule has 13 heavy (non-hydrogen) atoms. The van der Waals surface area contributed by atoms with Gasteiger partial charge in [0.05, 0.1) is 0 Å². The molecular weight excluding hydrogens is 170 g/mol. The average Bonchev–Trinajstić information content (AvgIpc) is 2.34. The predicted molar refractivity (Wildman–Crippen MR) is 48.4 cm³/mol. The Balaban J connectivity index is 2.97. The normalized spacial score (nSPS) is 14.5. The Kier molecular flexibility index (Phi) is 2.56. The zero-order valence-electron chi connectivity index (χ0n) is 8.34. The Morgan fingerprint density at radius 2 is 2.08 bits per heavy atom. The zero-order chi connectivity index (χ0) is 10.1. The smallest absolute Gasteiger partial charge is 0.340 e. The molecule has 1 rings (SSSR count). The van der Waals surface area contributed by atoms with E-state index in [1.54, 1.807) is 7.11 Å². The zero-order valence-corrected chi connectivity index (χ0v) is 8.34. The summed E-state index contributed by atoms with van der Waals surface area (Å²) in [5.74, 6) is 0.542. The van der Waals surface area contributed by atoms with Crippen LogP contribution in [-0.2, 0) is 4.74 Å². The molecule has 1 atom stereocenters. The van der Waals surface area contributed by atoms with Crippen LogP contribution in [0, 0.1) is 5.41 Å². The van der Waals surface area contributed by atoms with E-state index < -0.39 is 0 Å². The monoisotopic (exact) mass is 185 g/mol. The second-order valence-corrected chi connectivity index (χ2v) is 4.04. The molecule has 2 N–H and O–H groups in total. The van der Waals surface area contributed by atoms with Crippen molar-refractivity contribution in [2.24, 2.45) is 5.41 Å². The molecule has 1 heterocycles. The maximum atomic E-state index is 10.8. The minimum absolute atomic E-state index is 0.0904. The van der Waals surface area contributed by atoms with Gasteiger partial charge < -0.3 is 4.74 Å². The molecule has 0 aliphatic heterocycles. The van der Waals surface area contributed by atoms with E-state index in [2.05, 4.69) is 15.2 Å². The fourth-order valence-corrected chi connectivity index (χ4v) is 1.28. The second-order valence-electron chi connectivity index (χ2n) is 4.04. The lowest BCUT2D eigenvalue weighted by Crippen LogP contribution is -2.21. The molecule has 0 fully saturated rings. The van der Waals surface area contributed by atoms with Crippen LogP contribution in [0.4, 0.5) is 0 Å². The summed E-state index contributed by atoms with van der Waals surface area (Å²) in [5.41, 5.74) is -0.395. The molecule has 0 radical (unpaired) electrons. The van der Waals surface area contributed by atoms with E-state index in [-0.39, 0.29) is 17.2 Å². The SMILES string of the molecule is COC(c1n[nH]c(=O)[nH]1)C(C)(C)C. The molecule has 1 unspecified atom stereocenters. The van der Waals surface area contributed by atoms with Gasteiger partial charge in [0.25, 0.3) is 0 Å². The van der Waals surface area contributed by atoms with Crippen molar-refractivity contribution in [1.29, 1.82) is 0 Å². The average molecular weight is 185 g/mol. The summed E-state index contributed by atoms with van der Waals surface area (Å²) < 4.78 is 5.26. The number of methoxy groups -OCH3 is 1. The van der Waals surface area contributed by atoms with Crippen molar-refractivity contribution >= 4 is 0 Å². The number of nitrogens with one attached hydrogen (secondary N) is 2. The van der Waals surface area contributed by atoms with Crippen LogP contribution in [0.2, 0.25) is 0 Å². The number of hydrogen-bond donors (Lipinski definition) is 2. The Labute approximate surface area is 76.5 Å². The third kappa shape index (κ3) is 2.18. The Bertz CT molecular complexity index is 321. The van der Waals surface area contributed by atoms with Gasteiger partial charge in [-0.1, -0.05) is 20.8 Å². The number of H-pyrrole nitrogens is 2. The van der Waals surface area contributed by atoms with Gasteiger partial charge in [-0.15, -0.1) is 0 Å². The Morgan fingerprint density at radius 1 is 1.46 bits per heavy atom. The van der Waals surface area contributed by atoms with E-state index in [1.165, 1.54) is 0 Å². The summed E-state index contributed by atoms with van der Waals surface area (Å²) in [6.45, 7) is 6.07. The van der Waals surface area contributed by atoms with Crippen LogP contribution < -0.4 is 5.69 Å². The number of hydrogen-bond acceptors (Lipinski definition) is 3. The van der Waals surface area contributed by atoms with Gasteiger partial charge in [-0.3, -0.25) is 4.98 Å². The van der Waals surface area contributed by atoms with Crippen LogP contribution in [0.3, 0.4) is 0 Å². The molecule has 0 spiro atoms. The van der Waals surface area contributed by atoms with Gasteiger partial charge in [-0.05, 0) is 5.41 Å². The highest BCUT2D eigenvalue weighted by Gasteiger charge is 2.28. The Morgan fingerprint density at radius 3 is 2.38 bits per heavy atom. The number of rotatable bonds is 2. The largest absolute Gasteiger partial charge is 0.373 e. The van der Waals surface area contributed by atoms with Gasteiger partial charge in [-0.25, -0.2) is 9.89 Å². The third-order valence-corrected chi connectivity index (χ3v) is 1.79. The standard InChI is InChI=1S/C8H15N3O2/c1-8(2,3)5(13-4)6-9-7(12)11-10-6/h5H,1-4H3,(H2,9,10,11,12). The number of aromatic amines is 2. The van der Waals surface area contributed by atoms with Gasteiger partial charge >= 0.3 is 5.69 Å². The van der Waals surface area contributed by atoms with Crippen molar-refractivity contribution in [3.05, 3.63) is 16.3 Å². The summed E-state index contributed by atoms with van der Waals surface area (Å²) in [4.78, 5) is 13.4. The summed E-state index contributed by atoms with van der Waals surface area (Å²) >= 11 is 0. The molecule has 5 nitrogen and oxygen atoms in total. The summed E-state index contributed by atoms with van der Waals surface area (Å²) in [6.07, 6.45) is -0.202. The summed E-state index contributed by atoms with van der Waals surface area (Å²) in [5, 5.41) is 6.15. The van der Waals surface area contributed by atoms with E-state index in [1.807, 2.05) is 20.8 Å².